The van der Waals surface area contributed by atoms with Gasteiger partial charge in [0, 0.05) is 0 Å². The second kappa shape index (κ2) is 16.0. The van der Waals surface area contributed by atoms with E-state index in [9.17, 15) is 0 Å². The minimum absolute atomic E-state index is 0.790. The molecule has 0 atom stereocenters. The summed E-state index contributed by atoms with van der Waals surface area (Å²) in [6.07, 6.45) is 22.8. The topological polar surface area (TPSA) is 18.0 Å². The standard InChI is InChI=1S/C27H45N2O/c1-3-5-7-9-11-12-13-18-22-28-23-24-29(27(28)26-20-16-15-17-21-26)30-25-19-14-10-8-6-4-2/h15-17,20-21,23-24H,3-14,18-19,22,25H2,1-2H3/q+1. The molecule has 0 unspecified atom stereocenters. The van der Waals surface area contributed by atoms with Gasteiger partial charge in [0.2, 0.25) is 0 Å². The fourth-order valence-corrected chi connectivity index (χ4v) is 4.04. The van der Waals surface area contributed by atoms with E-state index in [1.807, 2.05) is 4.73 Å². The van der Waals surface area contributed by atoms with Crippen LogP contribution < -0.4 is 9.40 Å². The smallest absolute Gasteiger partial charge is 0.328 e. The zero-order chi connectivity index (χ0) is 21.3. The summed E-state index contributed by atoms with van der Waals surface area (Å²) in [4.78, 5) is 6.16. The zero-order valence-electron chi connectivity index (χ0n) is 19.7. The molecule has 2 rings (SSSR count). The van der Waals surface area contributed by atoms with Gasteiger partial charge in [-0.05, 0) is 42.5 Å². The van der Waals surface area contributed by atoms with Crippen LogP contribution in [-0.2, 0) is 6.54 Å². The Morgan fingerprint density at radius 2 is 1.27 bits per heavy atom. The Labute approximate surface area is 185 Å². The number of hydrogen-bond donors (Lipinski definition) is 0. The quantitative estimate of drug-likeness (QED) is 0.184. The number of unbranched alkanes of at least 4 members (excludes halogenated alkanes) is 12. The largest absolute Gasteiger partial charge is 0.335 e. The molecule has 3 nitrogen and oxygen atoms in total. The van der Waals surface area contributed by atoms with Crippen molar-refractivity contribution >= 4 is 0 Å². The van der Waals surface area contributed by atoms with Crippen molar-refractivity contribution in [1.29, 1.82) is 0 Å². The summed E-state index contributed by atoms with van der Waals surface area (Å²) < 4.78 is 4.36. The molecule has 0 amide bonds. The molecule has 3 heteroatoms. The molecule has 0 fully saturated rings. The molecule has 1 heterocycles. The normalized spacial score (nSPS) is 11.1. The Kier molecular flexibility index (Phi) is 13.1. The molecule has 0 bridgehead atoms. The van der Waals surface area contributed by atoms with E-state index in [1.165, 1.54) is 94.9 Å². The van der Waals surface area contributed by atoms with Crippen molar-refractivity contribution in [3.63, 3.8) is 0 Å². The van der Waals surface area contributed by atoms with Crippen LogP contribution in [0.4, 0.5) is 0 Å². The highest BCUT2D eigenvalue weighted by Gasteiger charge is 2.20. The zero-order valence-corrected chi connectivity index (χ0v) is 19.7. The molecule has 0 saturated heterocycles. The van der Waals surface area contributed by atoms with Gasteiger partial charge in [-0.15, -0.1) is 0 Å². The first-order chi connectivity index (χ1) is 14.9. The lowest BCUT2D eigenvalue weighted by molar-refractivity contribution is -0.686. The van der Waals surface area contributed by atoms with Crippen LogP contribution in [0.5, 0.6) is 0 Å². The fraction of sp³-hybridized carbons (Fsp3) is 0.667. The van der Waals surface area contributed by atoms with Crippen LogP contribution in [0, 0.1) is 0 Å². The van der Waals surface area contributed by atoms with Gasteiger partial charge in [-0.3, -0.25) is 0 Å². The van der Waals surface area contributed by atoms with Gasteiger partial charge in [0.15, 0.2) is 6.20 Å². The molecule has 30 heavy (non-hydrogen) atoms. The lowest BCUT2D eigenvalue weighted by atomic mass is 10.1. The molecule has 1 aromatic heterocycles. The van der Waals surface area contributed by atoms with Gasteiger partial charge in [0.25, 0.3) is 0 Å². The second-order valence-corrected chi connectivity index (χ2v) is 8.58. The molecule has 0 N–H and O–H groups in total. The van der Waals surface area contributed by atoms with E-state index in [0.717, 1.165) is 19.6 Å². The van der Waals surface area contributed by atoms with Crippen LogP contribution in [0.15, 0.2) is 42.7 Å². The number of nitrogens with zero attached hydrogens (tertiary/aromatic N) is 2. The first kappa shape index (κ1) is 24.5. The van der Waals surface area contributed by atoms with Crippen LogP contribution in [-0.4, -0.2) is 11.3 Å². The molecular weight excluding hydrogens is 368 g/mol. The average molecular weight is 414 g/mol. The number of aryl methyl sites for hydroxylation is 1. The number of hydrogen-bond acceptors (Lipinski definition) is 1. The summed E-state index contributed by atoms with van der Waals surface area (Å²) in [5.41, 5.74) is 1.23. The minimum Gasteiger partial charge on any atom is -0.335 e. The van der Waals surface area contributed by atoms with E-state index >= 15 is 0 Å². The maximum absolute atomic E-state index is 6.16. The van der Waals surface area contributed by atoms with Gasteiger partial charge in [-0.2, -0.15) is 0 Å². The van der Waals surface area contributed by atoms with Gasteiger partial charge in [-0.1, -0.05) is 96.3 Å². The Balaban J connectivity index is 1.82. The molecule has 1 aromatic carbocycles. The molecule has 0 aliphatic heterocycles. The van der Waals surface area contributed by atoms with E-state index in [1.54, 1.807) is 0 Å². The predicted octanol–water partition coefficient (Wildman–Crippen LogP) is 7.37. The third-order valence-electron chi connectivity index (χ3n) is 5.88. The van der Waals surface area contributed by atoms with Crippen LogP contribution >= 0.6 is 0 Å². The first-order valence-electron chi connectivity index (χ1n) is 12.7. The van der Waals surface area contributed by atoms with Gasteiger partial charge in [0.05, 0.1) is 12.1 Å². The van der Waals surface area contributed by atoms with Crippen LogP contribution in [0.1, 0.15) is 104 Å². The summed E-state index contributed by atoms with van der Waals surface area (Å²) in [7, 11) is 0. The van der Waals surface area contributed by atoms with E-state index in [-0.39, 0.29) is 0 Å². The van der Waals surface area contributed by atoms with Gasteiger partial charge >= 0.3 is 5.82 Å². The lowest BCUT2D eigenvalue weighted by Crippen LogP contribution is -2.35. The fourth-order valence-electron chi connectivity index (χ4n) is 4.04. The molecule has 0 aliphatic rings. The van der Waals surface area contributed by atoms with Crippen molar-refractivity contribution in [2.75, 3.05) is 6.61 Å². The molecule has 0 spiro atoms. The van der Waals surface area contributed by atoms with E-state index in [0.29, 0.717) is 0 Å². The monoisotopic (exact) mass is 413 g/mol. The Hall–Kier alpha value is -1.77. The van der Waals surface area contributed by atoms with Gasteiger partial charge < -0.3 is 4.84 Å². The first-order valence-corrected chi connectivity index (χ1v) is 12.7. The van der Waals surface area contributed by atoms with Crippen molar-refractivity contribution in [3.05, 3.63) is 42.7 Å². The van der Waals surface area contributed by atoms with Gasteiger partial charge in [0.1, 0.15) is 12.8 Å². The molecule has 168 valence electrons. The van der Waals surface area contributed by atoms with E-state index in [2.05, 4.69) is 61.1 Å². The molecule has 0 radical (unpaired) electrons. The van der Waals surface area contributed by atoms with E-state index in [4.69, 9.17) is 4.84 Å². The third kappa shape index (κ3) is 9.36. The molecule has 0 saturated carbocycles. The summed E-state index contributed by atoms with van der Waals surface area (Å²) in [6, 6.07) is 10.7. The number of imidazole rings is 1. The van der Waals surface area contributed by atoms with Crippen LogP contribution in [0.25, 0.3) is 11.4 Å². The highest BCUT2D eigenvalue weighted by atomic mass is 16.7. The maximum atomic E-state index is 6.16. The highest BCUT2D eigenvalue weighted by Crippen LogP contribution is 2.16. The van der Waals surface area contributed by atoms with Crippen molar-refractivity contribution in [2.24, 2.45) is 0 Å². The van der Waals surface area contributed by atoms with Gasteiger partial charge in [-0.25, -0.2) is 4.57 Å². The molecule has 2 aromatic rings. The molecule has 0 aliphatic carbocycles. The highest BCUT2D eigenvalue weighted by molar-refractivity contribution is 5.51. The van der Waals surface area contributed by atoms with Crippen molar-refractivity contribution in [1.82, 2.24) is 4.73 Å². The SMILES string of the molecule is CCCCCCCCCC[n+]1ccn(OCCCCCCCC)c1-c1ccccc1. The third-order valence-corrected chi connectivity index (χ3v) is 5.88. The summed E-state index contributed by atoms with van der Waals surface area (Å²) in [5.74, 6) is 1.17. The summed E-state index contributed by atoms with van der Waals surface area (Å²) in [5, 5.41) is 0. The number of rotatable bonds is 18. The van der Waals surface area contributed by atoms with Crippen molar-refractivity contribution in [2.45, 2.75) is 110 Å². The number of benzene rings is 1. The Morgan fingerprint density at radius 1 is 0.700 bits per heavy atom. The number of aromatic nitrogens is 2. The van der Waals surface area contributed by atoms with E-state index < -0.39 is 0 Å². The van der Waals surface area contributed by atoms with Crippen molar-refractivity contribution in [3.8, 4) is 11.4 Å². The maximum Gasteiger partial charge on any atom is 0.328 e. The lowest BCUT2D eigenvalue weighted by Gasteiger charge is -2.06. The summed E-state index contributed by atoms with van der Waals surface area (Å²) in [6.45, 7) is 6.40. The Bertz CT molecular complexity index is 650. The Morgan fingerprint density at radius 3 is 1.90 bits per heavy atom. The van der Waals surface area contributed by atoms with Crippen LogP contribution in [0.3, 0.4) is 0 Å². The predicted molar refractivity (Wildman–Crippen MR) is 127 cm³/mol. The van der Waals surface area contributed by atoms with Crippen molar-refractivity contribution < 1.29 is 9.40 Å². The minimum atomic E-state index is 0.790. The summed E-state index contributed by atoms with van der Waals surface area (Å²) >= 11 is 0. The molecular formula is C27H45N2O+. The van der Waals surface area contributed by atoms with Crippen LogP contribution in [0.2, 0.25) is 0 Å². The average Bonchev–Trinajstić information content (AvgIpc) is 3.18. The second-order valence-electron chi connectivity index (χ2n) is 8.58.